The first-order valence-corrected chi connectivity index (χ1v) is 10.5. The number of amides is 3. The van der Waals surface area contributed by atoms with E-state index in [2.05, 4.69) is 24.5 Å². The number of anilines is 1. The first-order chi connectivity index (χ1) is 14.5. The van der Waals surface area contributed by atoms with Crippen LogP contribution in [-0.4, -0.2) is 41.8 Å². The Balaban J connectivity index is 1.60. The highest BCUT2D eigenvalue weighted by Gasteiger charge is 2.34. The van der Waals surface area contributed by atoms with Crippen LogP contribution in [0.25, 0.3) is 0 Å². The van der Waals surface area contributed by atoms with Gasteiger partial charge in [-0.2, -0.15) is 0 Å². The van der Waals surface area contributed by atoms with Crippen LogP contribution in [-0.2, 0) is 4.79 Å². The maximum atomic E-state index is 13.0. The largest absolute Gasteiger partial charge is 0.354 e. The molecule has 0 bridgehead atoms. The zero-order chi connectivity index (χ0) is 21.5. The van der Waals surface area contributed by atoms with E-state index >= 15 is 0 Å². The molecule has 1 saturated heterocycles. The Labute approximate surface area is 177 Å². The van der Waals surface area contributed by atoms with Crippen molar-refractivity contribution in [2.45, 2.75) is 39.2 Å². The van der Waals surface area contributed by atoms with Crippen molar-refractivity contribution in [3.63, 3.8) is 0 Å². The SMILES string of the molecule is CC(C)CCNC(=O)[C@@H]1CCCN1C(=O)c1ccc(NC(=O)c2ccccc2)cc1. The van der Waals surface area contributed by atoms with Crippen LogP contribution in [0.2, 0.25) is 0 Å². The van der Waals surface area contributed by atoms with Crippen molar-refractivity contribution in [2.75, 3.05) is 18.4 Å². The first-order valence-electron chi connectivity index (χ1n) is 10.5. The number of carbonyl (C=O) groups excluding carboxylic acids is 3. The minimum absolute atomic E-state index is 0.0757. The molecule has 0 aromatic heterocycles. The Morgan fingerprint density at radius 2 is 1.70 bits per heavy atom. The van der Waals surface area contributed by atoms with Crippen LogP contribution in [0.4, 0.5) is 5.69 Å². The summed E-state index contributed by atoms with van der Waals surface area (Å²) in [6.45, 7) is 5.44. The van der Waals surface area contributed by atoms with Crippen molar-refractivity contribution in [1.29, 1.82) is 0 Å². The smallest absolute Gasteiger partial charge is 0.255 e. The van der Waals surface area contributed by atoms with E-state index < -0.39 is 6.04 Å². The Hall–Kier alpha value is -3.15. The average Bonchev–Trinajstić information content (AvgIpc) is 3.24. The Kier molecular flexibility index (Phi) is 7.22. The molecule has 6 heteroatoms. The first kappa shape index (κ1) is 21.6. The van der Waals surface area contributed by atoms with E-state index in [-0.39, 0.29) is 17.7 Å². The van der Waals surface area contributed by atoms with E-state index in [0.29, 0.717) is 42.2 Å². The van der Waals surface area contributed by atoms with Crippen LogP contribution >= 0.6 is 0 Å². The van der Waals surface area contributed by atoms with Gasteiger partial charge in [0.05, 0.1) is 0 Å². The molecule has 2 aromatic carbocycles. The van der Waals surface area contributed by atoms with Gasteiger partial charge in [0.2, 0.25) is 5.91 Å². The van der Waals surface area contributed by atoms with Gasteiger partial charge in [-0.25, -0.2) is 0 Å². The number of nitrogens with one attached hydrogen (secondary N) is 2. The number of carbonyl (C=O) groups is 3. The van der Waals surface area contributed by atoms with E-state index in [1.807, 2.05) is 18.2 Å². The fourth-order valence-corrected chi connectivity index (χ4v) is 3.54. The molecule has 1 aliphatic rings. The van der Waals surface area contributed by atoms with Gasteiger partial charge >= 0.3 is 0 Å². The molecular formula is C24H29N3O3. The molecule has 0 unspecified atom stereocenters. The molecule has 2 N–H and O–H groups in total. The lowest BCUT2D eigenvalue weighted by molar-refractivity contribution is -0.124. The molecular weight excluding hydrogens is 378 g/mol. The van der Waals surface area contributed by atoms with E-state index in [1.165, 1.54) is 0 Å². The summed E-state index contributed by atoms with van der Waals surface area (Å²) in [5, 5.41) is 5.78. The van der Waals surface area contributed by atoms with Crippen LogP contribution in [0.1, 0.15) is 53.8 Å². The predicted octanol–water partition coefficient (Wildman–Crippen LogP) is 3.71. The minimum Gasteiger partial charge on any atom is -0.354 e. The normalized spacial score (nSPS) is 15.8. The standard InChI is InChI=1S/C24H29N3O3/c1-17(2)14-15-25-23(29)21-9-6-16-27(21)24(30)19-10-12-20(13-11-19)26-22(28)18-7-4-3-5-8-18/h3-5,7-8,10-13,17,21H,6,9,14-16H2,1-2H3,(H,25,29)(H,26,28)/t21-/m0/s1. The zero-order valence-corrected chi connectivity index (χ0v) is 17.6. The van der Waals surface area contributed by atoms with Crippen LogP contribution < -0.4 is 10.6 Å². The van der Waals surface area contributed by atoms with Crippen LogP contribution in [0.5, 0.6) is 0 Å². The van der Waals surface area contributed by atoms with Crippen LogP contribution in [0.15, 0.2) is 54.6 Å². The van der Waals surface area contributed by atoms with E-state index in [9.17, 15) is 14.4 Å². The van der Waals surface area contributed by atoms with Gasteiger partial charge in [-0.15, -0.1) is 0 Å². The van der Waals surface area contributed by atoms with Crippen molar-refractivity contribution in [3.8, 4) is 0 Å². The summed E-state index contributed by atoms with van der Waals surface area (Å²) < 4.78 is 0. The second kappa shape index (κ2) is 10.1. The highest BCUT2D eigenvalue weighted by Crippen LogP contribution is 2.21. The maximum absolute atomic E-state index is 13.0. The summed E-state index contributed by atoms with van der Waals surface area (Å²) in [6.07, 6.45) is 2.42. The number of rotatable bonds is 7. The highest BCUT2D eigenvalue weighted by molar-refractivity contribution is 6.04. The van der Waals surface area contributed by atoms with Gasteiger partial charge in [0, 0.05) is 29.9 Å². The van der Waals surface area contributed by atoms with Crippen molar-refractivity contribution < 1.29 is 14.4 Å². The van der Waals surface area contributed by atoms with Gasteiger partial charge in [0.1, 0.15) is 6.04 Å². The topological polar surface area (TPSA) is 78.5 Å². The molecule has 0 aliphatic carbocycles. The van der Waals surface area contributed by atoms with Crippen molar-refractivity contribution >= 4 is 23.4 Å². The summed E-state index contributed by atoms with van der Waals surface area (Å²) in [6, 6.07) is 15.3. The third-order valence-electron chi connectivity index (χ3n) is 5.26. The quantitative estimate of drug-likeness (QED) is 0.734. The number of hydrogen-bond donors (Lipinski definition) is 2. The van der Waals surface area contributed by atoms with Gasteiger partial charge in [-0.1, -0.05) is 32.0 Å². The minimum atomic E-state index is -0.415. The fourth-order valence-electron chi connectivity index (χ4n) is 3.54. The summed E-state index contributed by atoms with van der Waals surface area (Å²) in [5.41, 5.74) is 1.69. The van der Waals surface area contributed by atoms with Crippen molar-refractivity contribution in [2.24, 2.45) is 5.92 Å². The number of nitrogens with zero attached hydrogens (tertiary/aromatic N) is 1. The molecule has 3 rings (SSSR count). The zero-order valence-electron chi connectivity index (χ0n) is 17.6. The molecule has 2 aromatic rings. The van der Waals surface area contributed by atoms with Crippen molar-refractivity contribution in [3.05, 3.63) is 65.7 Å². The summed E-state index contributed by atoms with van der Waals surface area (Å²) in [7, 11) is 0. The Bertz CT molecular complexity index is 878. The van der Waals surface area contributed by atoms with E-state index in [4.69, 9.17) is 0 Å². The lowest BCUT2D eigenvalue weighted by atomic mass is 10.1. The van der Waals surface area contributed by atoms with Gasteiger partial charge in [0.15, 0.2) is 0 Å². The average molecular weight is 408 g/mol. The molecule has 3 amide bonds. The van der Waals surface area contributed by atoms with Crippen molar-refractivity contribution in [1.82, 2.24) is 10.2 Å². The molecule has 0 radical (unpaired) electrons. The van der Waals surface area contributed by atoms with Crippen LogP contribution in [0, 0.1) is 5.92 Å². The summed E-state index contributed by atoms with van der Waals surface area (Å²) >= 11 is 0. The maximum Gasteiger partial charge on any atom is 0.255 e. The molecule has 0 spiro atoms. The van der Waals surface area contributed by atoms with E-state index in [0.717, 1.165) is 12.8 Å². The lowest BCUT2D eigenvalue weighted by Gasteiger charge is -2.24. The Morgan fingerprint density at radius 3 is 2.37 bits per heavy atom. The fraction of sp³-hybridized carbons (Fsp3) is 0.375. The van der Waals surface area contributed by atoms with Gasteiger partial charge < -0.3 is 15.5 Å². The monoisotopic (exact) mass is 407 g/mol. The highest BCUT2D eigenvalue weighted by atomic mass is 16.2. The number of benzene rings is 2. The third-order valence-corrected chi connectivity index (χ3v) is 5.26. The molecule has 1 heterocycles. The second-order valence-electron chi connectivity index (χ2n) is 8.03. The molecule has 0 saturated carbocycles. The lowest BCUT2D eigenvalue weighted by Crippen LogP contribution is -2.46. The third kappa shape index (κ3) is 5.47. The van der Waals surface area contributed by atoms with Crippen LogP contribution in [0.3, 0.4) is 0 Å². The Morgan fingerprint density at radius 1 is 1.00 bits per heavy atom. The molecule has 6 nitrogen and oxygen atoms in total. The summed E-state index contributed by atoms with van der Waals surface area (Å²) in [4.78, 5) is 39.4. The van der Waals surface area contributed by atoms with Gasteiger partial charge in [-0.3, -0.25) is 14.4 Å². The molecule has 1 atom stereocenters. The molecule has 158 valence electrons. The molecule has 1 aliphatic heterocycles. The summed E-state index contributed by atoms with van der Waals surface area (Å²) in [5.74, 6) is 0.0885. The predicted molar refractivity (Wildman–Crippen MR) is 117 cm³/mol. The molecule has 30 heavy (non-hydrogen) atoms. The number of likely N-dealkylation sites (tertiary alicyclic amines) is 1. The van der Waals surface area contributed by atoms with Gasteiger partial charge in [-0.05, 0) is 61.6 Å². The number of hydrogen-bond acceptors (Lipinski definition) is 3. The van der Waals surface area contributed by atoms with E-state index in [1.54, 1.807) is 41.3 Å². The second-order valence-corrected chi connectivity index (χ2v) is 8.03. The molecule has 1 fully saturated rings. The van der Waals surface area contributed by atoms with Gasteiger partial charge in [0.25, 0.3) is 11.8 Å².